The van der Waals surface area contributed by atoms with Crippen molar-refractivity contribution in [3.8, 4) is 5.75 Å². The summed E-state index contributed by atoms with van der Waals surface area (Å²) >= 11 is 6.60. The molecule has 0 spiro atoms. The molecule has 2 aromatic heterocycles. The van der Waals surface area contributed by atoms with Crippen molar-refractivity contribution in [2.75, 3.05) is 61.5 Å². The third-order valence-electron chi connectivity index (χ3n) is 13.4. The average Bonchev–Trinajstić information content (AvgIpc) is 3.61. The molecular weight excluding hydrogens is 859 g/mol. The van der Waals surface area contributed by atoms with Crippen LogP contribution in [0.15, 0.2) is 47.4 Å². The topological polar surface area (TPSA) is 184 Å². The van der Waals surface area contributed by atoms with Crippen LogP contribution in [0.4, 0.5) is 27.5 Å². The molecule has 19 heteroatoms. The number of rotatable bonds is 12. The number of carbonyl (C=O) groups excluding carboxylic acids is 4. The molecule has 4 amide bonds. The first kappa shape index (κ1) is 44.4. The highest BCUT2D eigenvalue weighted by Gasteiger charge is 2.43. The van der Waals surface area contributed by atoms with Crippen LogP contribution in [0.2, 0.25) is 5.02 Å². The molecule has 3 N–H and O–H groups in total. The van der Waals surface area contributed by atoms with Gasteiger partial charge in [-0.1, -0.05) is 11.6 Å². The minimum absolute atomic E-state index is 0.00571. The van der Waals surface area contributed by atoms with Crippen LogP contribution in [0.3, 0.4) is 0 Å². The van der Waals surface area contributed by atoms with Crippen LogP contribution in [0.5, 0.6) is 5.75 Å². The van der Waals surface area contributed by atoms with Crippen molar-refractivity contribution in [1.29, 1.82) is 0 Å². The van der Waals surface area contributed by atoms with Crippen molar-refractivity contribution in [2.45, 2.75) is 102 Å². The summed E-state index contributed by atoms with van der Waals surface area (Å²) in [6.07, 6.45) is 5.85. The lowest BCUT2D eigenvalue weighted by Crippen LogP contribution is -2.59. The Morgan fingerprint density at radius 2 is 1.78 bits per heavy atom. The van der Waals surface area contributed by atoms with Crippen LogP contribution < -0.4 is 36.0 Å². The highest BCUT2D eigenvalue weighted by atomic mass is 35.5. The number of aromatic nitrogens is 3. The summed E-state index contributed by atoms with van der Waals surface area (Å²) in [4.78, 5) is 79.9. The zero-order chi connectivity index (χ0) is 45.7. The number of ether oxygens (including phenoxy) is 2. The molecule has 0 radical (unpaired) electrons. The van der Waals surface area contributed by atoms with Gasteiger partial charge in [0.1, 0.15) is 11.1 Å². The van der Waals surface area contributed by atoms with Crippen LogP contribution in [-0.2, 0) is 25.7 Å². The molecule has 5 aliphatic rings. The monoisotopic (exact) mass is 912 g/mol. The molecule has 1 aliphatic carbocycles. The first-order valence-corrected chi connectivity index (χ1v) is 22.8. The fraction of sp³-hybridized carbons (Fsp3) is 0.500. The molecule has 2 atom stereocenters. The van der Waals surface area contributed by atoms with Gasteiger partial charge in [-0.3, -0.25) is 34.2 Å². The number of likely N-dealkylation sites (N-methyl/N-ethyl adjacent to an activating group) is 1. The third-order valence-corrected chi connectivity index (χ3v) is 13.7. The van der Waals surface area contributed by atoms with Gasteiger partial charge in [-0.15, -0.1) is 0 Å². The summed E-state index contributed by atoms with van der Waals surface area (Å²) in [5, 5.41) is 9.22. The van der Waals surface area contributed by atoms with Gasteiger partial charge in [0, 0.05) is 86.5 Å². The molecule has 344 valence electrons. The summed E-state index contributed by atoms with van der Waals surface area (Å²) < 4.78 is 30.0. The van der Waals surface area contributed by atoms with E-state index in [1.807, 2.05) is 32.0 Å². The summed E-state index contributed by atoms with van der Waals surface area (Å²) in [5.41, 5.74) is 2.16. The van der Waals surface area contributed by atoms with Gasteiger partial charge in [0.2, 0.25) is 17.8 Å². The quantitative estimate of drug-likeness (QED) is 0.169. The number of nitrogens with zero attached hydrogens (tertiary/aromatic N) is 7. The van der Waals surface area contributed by atoms with E-state index in [1.165, 1.54) is 11.9 Å². The Kier molecular flexibility index (Phi) is 12.4. The molecule has 1 unspecified atom stereocenters. The Morgan fingerprint density at radius 3 is 2.51 bits per heavy atom. The van der Waals surface area contributed by atoms with Crippen LogP contribution >= 0.6 is 11.6 Å². The van der Waals surface area contributed by atoms with E-state index >= 15 is 4.39 Å². The maximum absolute atomic E-state index is 16.1. The lowest BCUT2D eigenvalue weighted by molar-refractivity contribution is -0.137. The number of hydrogen-bond donors (Lipinski definition) is 3. The summed E-state index contributed by atoms with van der Waals surface area (Å²) in [6.45, 7) is 9.33. The second-order valence-corrected chi connectivity index (χ2v) is 18.3. The predicted molar refractivity (Wildman–Crippen MR) is 242 cm³/mol. The van der Waals surface area contributed by atoms with Gasteiger partial charge in [0.05, 0.1) is 36.2 Å². The van der Waals surface area contributed by atoms with Gasteiger partial charge in [-0.25, -0.2) is 9.37 Å². The van der Waals surface area contributed by atoms with E-state index in [2.05, 4.69) is 42.6 Å². The van der Waals surface area contributed by atoms with E-state index < -0.39 is 17.8 Å². The number of carbonyl (C=O) groups is 4. The standard InChI is InChI=1S/C46H54ClFN10O7/c1-25(2)58-35-7-5-28(17-27(35)18-38(45(58)63)64-24-40(60)49-4)51-42-34(47)21-50-46(53-42)54-13-11-30(12-14-54)65-31-19-29(20-31)55-15-16-56(26(3)22-55)36-8-6-32-33(41(36)48)23-57(44(32)62)37-9-10-39(59)52-43(37)61/h5-8,17-18,21,25-26,29-31,37H,9-16,19-20,22-24H2,1-4H3,(H,49,60)(H,50,51,53)(H,52,59,61)/t26-,29?,31?,37?/m1/s1. The first-order valence-electron chi connectivity index (χ1n) is 22.5. The van der Waals surface area contributed by atoms with Crippen molar-refractivity contribution in [2.24, 2.45) is 0 Å². The van der Waals surface area contributed by atoms with Gasteiger partial charge < -0.3 is 39.4 Å². The zero-order valence-corrected chi connectivity index (χ0v) is 37.7. The largest absolute Gasteiger partial charge is 0.478 e. The predicted octanol–water partition coefficient (Wildman–Crippen LogP) is 4.52. The van der Waals surface area contributed by atoms with Crippen molar-refractivity contribution < 1.29 is 33.0 Å². The molecule has 3 saturated heterocycles. The SMILES string of the molecule is CNC(=O)COc1cc2cc(Nc3nc(N4CCC(OC5CC(N6CCN(c7ccc8c(c7F)CN(C7CCC(=O)NC7=O)C8=O)[C@H](C)C6)C5)CC4)ncc3Cl)ccc2n(C(C)C)c1=O. The van der Waals surface area contributed by atoms with E-state index in [4.69, 9.17) is 26.1 Å². The van der Waals surface area contributed by atoms with E-state index in [0.29, 0.717) is 46.3 Å². The average molecular weight is 913 g/mol. The van der Waals surface area contributed by atoms with Gasteiger partial charge in [0.25, 0.3) is 17.4 Å². The van der Waals surface area contributed by atoms with Gasteiger partial charge in [-0.2, -0.15) is 4.98 Å². The second kappa shape index (κ2) is 18.2. The molecule has 1 saturated carbocycles. The lowest BCUT2D eigenvalue weighted by atomic mass is 9.86. The minimum atomic E-state index is -0.788. The Labute approximate surface area is 380 Å². The number of anilines is 4. The van der Waals surface area contributed by atoms with E-state index in [1.54, 1.807) is 29.0 Å². The number of piperidine rings is 2. The normalized spacial score (nSPS) is 22.9. The van der Waals surface area contributed by atoms with Crippen molar-refractivity contribution in [1.82, 2.24) is 35.0 Å². The Hall–Kier alpha value is -5.85. The molecular formula is C46H54ClFN10O7. The number of halogens is 2. The van der Waals surface area contributed by atoms with Crippen molar-refractivity contribution in [3.05, 3.63) is 74.9 Å². The fourth-order valence-corrected chi connectivity index (χ4v) is 10.0. The molecule has 17 nitrogen and oxygen atoms in total. The number of fused-ring (bicyclic) bond motifs is 2. The Morgan fingerprint density at radius 1 is 1.00 bits per heavy atom. The molecule has 65 heavy (non-hydrogen) atoms. The molecule has 4 fully saturated rings. The smallest absolute Gasteiger partial charge is 0.293 e. The van der Waals surface area contributed by atoms with Crippen LogP contribution in [0, 0.1) is 5.82 Å². The number of piperazine rings is 1. The molecule has 9 rings (SSSR count). The maximum atomic E-state index is 16.1. The van der Waals surface area contributed by atoms with Crippen molar-refractivity contribution in [3.63, 3.8) is 0 Å². The summed E-state index contributed by atoms with van der Waals surface area (Å²) in [5.74, 6) is -0.913. The van der Waals surface area contributed by atoms with Crippen LogP contribution in [0.1, 0.15) is 81.3 Å². The van der Waals surface area contributed by atoms with Gasteiger partial charge in [-0.05, 0) is 89.3 Å². The number of amides is 4. The highest BCUT2D eigenvalue weighted by molar-refractivity contribution is 6.33. The highest BCUT2D eigenvalue weighted by Crippen LogP contribution is 2.38. The molecule has 0 bridgehead atoms. The molecule has 4 aromatic rings. The van der Waals surface area contributed by atoms with Crippen LogP contribution in [-0.4, -0.2) is 125 Å². The van der Waals surface area contributed by atoms with Crippen LogP contribution in [0.25, 0.3) is 10.9 Å². The minimum Gasteiger partial charge on any atom is -0.478 e. The number of nitrogens with one attached hydrogen (secondary N) is 3. The fourth-order valence-electron chi connectivity index (χ4n) is 9.86. The molecule has 2 aromatic carbocycles. The second-order valence-electron chi connectivity index (χ2n) is 17.9. The Bertz CT molecular complexity index is 2600. The molecule has 4 aliphatic heterocycles. The third kappa shape index (κ3) is 8.82. The lowest BCUT2D eigenvalue weighted by Gasteiger charge is -2.49. The Balaban J connectivity index is 0.756. The number of hydrogen-bond acceptors (Lipinski definition) is 13. The summed E-state index contributed by atoms with van der Waals surface area (Å²) in [7, 11) is 1.51. The van der Waals surface area contributed by atoms with E-state index in [9.17, 15) is 24.0 Å². The number of imide groups is 1. The number of benzene rings is 2. The van der Waals surface area contributed by atoms with Gasteiger partial charge in [0.15, 0.2) is 24.0 Å². The van der Waals surface area contributed by atoms with Crippen molar-refractivity contribution >= 4 is 69.3 Å². The van der Waals surface area contributed by atoms with Gasteiger partial charge >= 0.3 is 0 Å². The first-order chi connectivity index (χ1) is 31.3. The molecule has 6 heterocycles. The summed E-state index contributed by atoms with van der Waals surface area (Å²) in [6, 6.07) is 10.1. The van der Waals surface area contributed by atoms with E-state index in [0.717, 1.165) is 62.8 Å². The van der Waals surface area contributed by atoms with E-state index in [-0.39, 0.29) is 84.9 Å². The maximum Gasteiger partial charge on any atom is 0.293 e. The zero-order valence-electron chi connectivity index (χ0n) is 36.9. The number of pyridine rings is 1.